The summed E-state index contributed by atoms with van der Waals surface area (Å²) >= 11 is 0. The summed E-state index contributed by atoms with van der Waals surface area (Å²) in [6.45, 7) is 5.34. The van der Waals surface area contributed by atoms with Gasteiger partial charge < -0.3 is 40.7 Å². The lowest BCUT2D eigenvalue weighted by molar-refractivity contribution is -0.138. The molecule has 13 nitrogen and oxygen atoms in total. The molecule has 5 heterocycles. The normalized spacial score (nSPS) is 35.9. The highest BCUT2D eigenvalue weighted by Gasteiger charge is 2.69. The van der Waals surface area contributed by atoms with E-state index in [1.807, 2.05) is 0 Å². The molecule has 11 rings (SSSR count). The number of nitrogens with one attached hydrogen (secondary N) is 3. The van der Waals surface area contributed by atoms with Gasteiger partial charge in [-0.15, -0.1) is 0 Å². The number of nitrogens with zero attached hydrogens (tertiary/aromatic N) is 1. The number of rotatable bonds is 14. The Balaban J connectivity index is 1.11. The van der Waals surface area contributed by atoms with Crippen LogP contribution in [0.4, 0.5) is 0 Å². The zero-order valence-electron chi connectivity index (χ0n) is 41.1. The Morgan fingerprint density at radius 3 is 2.47 bits per heavy atom. The number of dihydropyridines is 1. The number of allylic oxidation sites excluding steroid dienone is 5. The van der Waals surface area contributed by atoms with E-state index in [1.54, 1.807) is 28.5 Å². The van der Waals surface area contributed by atoms with Crippen LogP contribution in [-0.4, -0.2) is 94.2 Å². The molecule has 5 aliphatic heterocycles. The predicted octanol–water partition coefficient (Wildman–Crippen LogP) is 7.60. The molecular weight excluding hydrogens is 925 g/mol. The minimum atomic E-state index is -0.956. The molecule has 6 aliphatic carbocycles. The van der Waals surface area contributed by atoms with E-state index in [-0.39, 0.29) is 77.9 Å². The molecule has 9 atom stereocenters. The first-order valence-corrected chi connectivity index (χ1v) is 29.1. The second-order valence-electron chi connectivity index (χ2n) is 22.2. The first kappa shape index (κ1) is 50.0. The van der Waals surface area contributed by atoms with E-state index >= 15 is 4.79 Å². The summed E-state index contributed by atoms with van der Waals surface area (Å²) in [5.74, 6) is 1.50. The molecule has 380 valence electrons. The van der Waals surface area contributed by atoms with Crippen molar-refractivity contribution in [2.45, 2.75) is 134 Å². The third-order valence-electron chi connectivity index (χ3n) is 18.4. The summed E-state index contributed by atoms with van der Waals surface area (Å²) in [4.78, 5) is 58.2. The van der Waals surface area contributed by atoms with Crippen molar-refractivity contribution in [2.75, 3.05) is 38.7 Å². The van der Waals surface area contributed by atoms with Crippen molar-refractivity contribution < 1.29 is 44.0 Å². The molecule has 0 unspecified atom stereocenters. The van der Waals surface area contributed by atoms with Gasteiger partial charge in [0, 0.05) is 68.0 Å². The first-order chi connectivity index (χ1) is 34.0. The smallest absolute Gasteiger partial charge is 0.340 e. The molecule has 3 saturated carbocycles. The topological polar surface area (TPSA) is 187 Å². The van der Waals surface area contributed by atoms with Gasteiger partial charge in [-0.25, -0.2) is 9.59 Å². The van der Waals surface area contributed by atoms with Gasteiger partial charge in [0.25, 0.3) is 11.8 Å². The first-order valence-electron chi connectivity index (χ1n) is 26.7. The van der Waals surface area contributed by atoms with Gasteiger partial charge in [0.1, 0.15) is 11.5 Å². The van der Waals surface area contributed by atoms with Gasteiger partial charge >= 0.3 is 11.9 Å². The second-order valence-corrected chi connectivity index (χ2v) is 24.7. The molecule has 11 aliphatic rings. The minimum absolute atomic E-state index is 0.00328. The fraction of sp³-hybridized carbons (Fsp3) is 0.673. The Bertz CT molecular complexity index is 2280. The fourth-order valence-electron chi connectivity index (χ4n) is 15.0. The van der Waals surface area contributed by atoms with Crippen molar-refractivity contribution in [3.63, 3.8) is 0 Å². The highest BCUT2D eigenvalue weighted by molar-refractivity contribution is 8.76. The van der Waals surface area contributed by atoms with E-state index in [2.05, 4.69) is 47.2 Å². The average molecular weight is 999 g/mol. The number of imide groups is 1. The van der Waals surface area contributed by atoms with Gasteiger partial charge in [-0.1, -0.05) is 60.3 Å². The molecule has 70 heavy (non-hydrogen) atoms. The van der Waals surface area contributed by atoms with Crippen LogP contribution in [0.2, 0.25) is 0 Å². The molecule has 6 N–H and O–H groups in total. The molecule has 0 aromatic carbocycles. The van der Waals surface area contributed by atoms with Crippen molar-refractivity contribution in [1.82, 2.24) is 20.9 Å². The number of fused-ring (bicyclic) bond motifs is 2. The highest BCUT2D eigenvalue weighted by Crippen LogP contribution is 2.72. The molecule has 1 spiro atoms. The third-order valence-corrected chi connectivity index (χ3v) is 20.9. The number of carbonyl (C=O) groups excluding carboxylic acids is 4. The maximum Gasteiger partial charge on any atom is 0.340 e. The maximum absolute atomic E-state index is 15.3. The lowest BCUT2D eigenvalue weighted by atomic mass is 9.43. The van der Waals surface area contributed by atoms with Crippen LogP contribution in [-0.2, 0) is 28.7 Å². The van der Waals surface area contributed by atoms with Crippen molar-refractivity contribution in [1.29, 1.82) is 0 Å². The van der Waals surface area contributed by atoms with Gasteiger partial charge in [0.2, 0.25) is 0 Å². The van der Waals surface area contributed by atoms with Crippen LogP contribution in [0.3, 0.4) is 0 Å². The summed E-state index contributed by atoms with van der Waals surface area (Å²) in [5, 5.41) is 41.2. The predicted molar refractivity (Wildman–Crippen MR) is 270 cm³/mol. The Hall–Kier alpha value is -3.60. The monoisotopic (exact) mass is 998 g/mol. The van der Waals surface area contributed by atoms with E-state index in [1.165, 1.54) is 17.1 Å². The van der Waals surface area contributed by atoms with Crippen LogP contribution in [0, 0.1) is 58.2 Å². The summed E-state index contributed by atoms with van der Waals surface area (Å²) in [5.41, 5.74) is 3.23. The average Bonchev–Trinajstić information content (AvgIpc) is 4.13. The number of cyclic esters (lactones) is 1. The van der Waals surface area contributed by atoms with Gasteiger partial charge in [-0.3, -0.25) is 14.5 Å². The fourth-order valence-corrected chi connectivity index (χ4v) is 17.5. The van der Waals surface area contributed by atoms with Crippen LogP contribution in [0.15, 0.2) is 81.7 Å². The third kappa shape index (κ3) is 9.35. The number of amides is 2. The van der Waals surface area contributed by atoms with Gasteiger partial charge in [0.05, 0.1) is 34.2 Å². The van der Waals surface area contributed by atoms with E-state index in [4.69, 9.17) is 9.47 Å². The molecule has 0 aromatic rings. The Labute approximate surface area is 421 Å². The quantitative estimate of drug-likeness (QED) is 0.0568. The molecule has 0 radical (unpaired) electrons. The number of aliphatic hydroxyl groups is 3. The number of hydrogen-bond acceptors (Lipinski definition) is 14. The summed E-state index contributed by atoms with van der Waals surface area (Å²) < 4.78 is 13.2. The minimum Gasteiger partial charge on any atom is -0.427 e. The van der Waals surface area contributed by atoms with Gasteiger partial charge in [-0.2, -0.15) is 0 Å². The Kier molecular flexibility index (Phi) is 15.1. The summed E-state index contributed by atoms with van der Waals surface area (Å²) in [7, 11) is 3.49. The lowest BCUT2D eigenvalue weighted by Crippen LogP contribution is -2.54. The number of carbonyl (C=O) groups is 4. The largest absolute Gasteiger partial charge is 0.427 e. The Morgan fingerprint density at radius 1 is 0.957 bits per heavy atom. The second kappa shape index (κ2) is 21.1. The van der Waals surface area contributed by atoms with Gasteiger partial charge in [-0.05, 0) is 161 Å². The van der Waals surface area contributed by atoms with Crippen LogP contribution in [0.5, 0.6) is 0 Å². The molecule has 2 amide bonds. The lowest BCUT2D eigenvalue weighted by Gasteiger charge is -2.57. The number of ether oxygens (including phenoxy) is 2. The SMILES string of the molecule is CCC1(/C=C2\OC(=O)C3=C2CC[C@H]2[C@@H]4CC[C@@]5(C6=C4[C@@H](CN4C(=O)C=CC4=O)C4=CCNC(=C4)NCSS[C@@H](NC[C@H](C)O)[C@H](C4CCC(C[C@H](CO)CCCO)CC4)C/C=C/5OC6=O)[C@@H]32)CCCC1. The van der Waals surface area contributed by atoms with Crippen molar-refractivity contribution in [3.05, 3.63) is 81.7 Å². The van der Waals surface area contributed by atoms with Crippen molar-refractivity contribution >= 4 is 45.3 Å². The van der Waals surface area contributed by atoms with E-state index in [0.29, 0.717) is 79.1 Å². The van der Waals surface area contributed by atoms with E-state index in [0.717, 1.165) is 106 Å². The number of aliphatic hydroxyl groups excluding tert-OH is 3. The molecular formula is C55H74N4O9S2. The van der Waals surface area contributed by atoms with Crippen LogP contribution >= 0.6 is 21.6 Å². The zero-order chi connectivity index (χ0) is 48.7. The number of hydrogen-bond donors (Lipinski definition) is 6. The molecule has 15 heteroatoms. The highest BCUT2D eigenvalue weighted by atomic mass is 33.1. The van der Waals surface area contributed by atoms with Crippen LogP contribution in [0.1, 0.15) is 123 Å². The maximum atomic E-state index is 15.3. The van der Waals surface area contributed by atoms with Crippen molar-refractivity contribution in [3.8, 4) is 0 Å². The zero-order valence-corrected chi connectivity index (χ0v) is 42.7. The molecule has 4 fully saturated rings. The molecule has 7 bridgehead atoms. The van der Waals surface area contributed by atoms with E-state index in [9.17, 15) is 29.7 Å². The summed E-state index contributed by atoms with van der Waals surface area (Å²) in [6.07, 6.45) is 26.3. The number of esters is 2. The van der Waals surface area contributed by atoms with Crippen molar-refractivity contribution in [2.24, 2.45) is 58.2 Å². The van der Waals surface area contributed by atoms with E-state index < -0.39 is 23.4 Å². The molecule has 0 aromatic heterocycles. The molecule has 1 saturated heterocycles. The standard InChI is InChI=1S/C55H74N4O9S2/c1-3-54(20-4-5-21-54)27-42-40-13-12-39-38-18-22-55(49(39)48(40)52(65)67-42)43-15-14-37(35-10-8-33(9-11-35)25-34(30-61)7-6-24-60)51(57-28-32(2)62)70-69-31-58-44-26-36(19-23-56-44)41(47(38)50(55)53(66)68-43)29-59-45(63)16-17-46(59)64/h15-17,19,26-27,32-35,37-39,41,49,51,56-58,60-62H,3-14,18,20-25,28-31H2,1-2H3/b42-27-,43-15-/t32-,33?,34+,35?,37-,38-,39-,41-,49+,51+,55-/m0/s1. The van der Waals surface area contributed by atoms with Crippen LogP contribution in [0.25, 0.3) is 0 Å². The Morgan fingerprint density at radius 2 is 1.74 bits per heavy atom. The van der Waals surface area contributed by atoms with Gasteiger partial charge in [0.15, 0.2) is 0 Å². The van der Waals surface area contributed by atoms with Crippen LogP contribution < -0.4 is 16.0 Å². The summed E-state index contributed by atoms with van der Waals surface area (Å²) in [6, 6.07) is 0.